The van der Waals surface area contributed by atoms with Crippen molar-refractivity contribution in [1.82, 2.24) is 0 Å². The summed E-state index contributed by atoms with van der Waals surface area (Å²) < 4.78 is 0. The van der Waals surface area contributed by atoms with Gasteiger partial charge in [-0.05, 0) is 23.5 Å². The van der Waals surface area contributed by atoms with Crippen LogP contribution < -0.4 is 0 Å². The van der Waals surface area contributed by atoms with Gasteiger partial charge in [0.1, 0.15) is 0 Å². The standard InChI is InChI=1S/C13H18OS.Na/c1-9(2)8-11-4-6-12(7-5-11)10(3)13(14)15;/h4-7,9-10H,8H2,1-3H3,(H,14,15);. The SMILES string of the molecule is CC(C)Cc1ccc(C(C)C(=O)S)cc1.[Na]. The van der Waals surface area contributed by atoms with Crippen molar-refractivity contribution < 1.29 is 4.79 Å². The molecule has 1 unspecified atom stereocenters. The largest absolute Gasteiger partial charge is 0.287 e. The van der Waals surface area contributed by atoms with Crippen LogP contribution in [-0.4, -0.2) is 34.7 Å². The fourth-order valence-corrected chi connectivity index (χ4v) is 1.71. The zero-order valence-electron chi connectivity index (χ0n) is 10.5. The van der Waals surface area contributed by atoms with Crippen LogP contribution >= 0.6 is 12.6 Å². The van der Waals surface area contributed by atoms with Gasteiger partial charge in [-0.25, -0.2) is 0 Å². The minimum Gasteiger partial charge on any atom is -0.287 e. The van der Waals surface area contributed by atoms with Gasteiger partial charge in [-0.2, -0.15) is 0 Å². The van der Waals surface area contributed by atoms with E-state index < -0.39 is 0 Å². The van der Waals surface area contributed by atoms with Gasteiger partial charge in [-0.15, -0.1) is 12.6 Å². The molecule has 1 nitrogen and oxygen atoms in total. The molecule has 0 fully saturated rings. The van der Waals surface area contributed by atoms with E-state index in [4.69, 9.17) is 0 Å². The third-order valence-corrected chi connectivity index (χ3v) is 2.88. The van der Waals surface area contributed by atoms with Crippen LogP contribution in [0.15, 0.2) is 24.3 Å². The minimum absolute atomic E-state index is 0. The molecule has 0 aliphatic heterocycles. The number of benzene rings is 1. The maximum absolute atomic E-state index is 11.1. The van der Waals surface area contributed by atoms with E-state index in [0.717, 1.165) is 12.0 Å². The Morgan fingerprint density at radius 2 is 1.69 bits per heavy atom. The predicted octanol–water partition coefficient (Wildman–Crippen LogP) is 3.06. The van der Waals surface area contributed by atoms with Crippen LogP contribution in [-0.2, 0) is 11.2 Å². The molecule has 0 spiro atoms. The molecule has 16 heavy (non-hydrogen) atoms. The van der Waals surface area contributed by atoms with Crippen LogP contribution in [0.4, 0.5) is 0 Å². The predicted molar refractivity (Wildman–Crippen MR) is 73.1 cm³/mol. The van der Waals surface area contributed by atoms with Gasteiger partial charge in [0, 0.05) is 29.6 Å². The Morgan fingerprint density at radius 1 is 1.19 bits per heavy atom. The molecule has 0 amide bonds. The summed E-state index contributed by atoms with van der Waals surface area (Å²) in [5, 5.41) is -0.0772. The fraction of sp³-hybridized carbons (Fsp3) is 0.462. The van der Waals surface area contributed by atoms with Crippen molar-refractivity contribution in [2.75, 3.05) is 0 Å². The number of carbonyl (C=O) groups is 1. The summed E-state index contributed by atoms with van der Waals surface area (Å²) >= 11 is 3.85. The molecule has 0 saturated heterocycles. The maximum Gasteiger partial charge on any atom is 0.193 e. The molecule has 83 valence electrons. The van der Waals surface area contributed by atoms with Crippen molar-refractivity contribution in [1.29, 1.82) is 0 Å². The summed E-state index contributed by atoms with van der Waals surface area (Å²) in [6, 6.07) is 8.25. The van der Waals surface area contributed by atoms with E-state index in [1.807, 2.05) is 19.1 Å². The van der Waals surface area contributed by atoms with Crippen molar-refractivity contribution >= 4 is 47.3 Å². The summed E-state index contributed by atoms with van der Waals surface area (Å²) in [5.41, 5.74) is 2.37. The van der Waals surface area contributed by atoms with Crippen LogP contribution in [0.1, 0.15) is 37.8 Å². The zero-order chi connectivity index (χ0) is 11.4. The second-order valence-corrected chi connectivity index (χ2v) is 4.84. The molecule has 1 radical (unpaired) electrons. The Bertz CT molecular complexity index is 332. The Labute approximate surface area is 126 Å². The fourth-order valence-electron chi connectivity index (χ4n) is 1.56. The first kappa shape index (κ1) is 16.2. The van der Waals surface area contributed by atoms with Gasteiger partial charge >= 0.3 is 0 Å². The van der Waals surface area contributed by atoms with Crippen molar-refractivity contribution in [2.24, 2.45) is 5.92 Å². The van der Waals surface area contributed by atoms with E-state index in [2.05, 4.69) is 38.6 Å². The van der Waals surface area contributed by atoms with Gasteiger partial charge in [0.25, 0.3) is 0 Å². The van der Waals surface area contributed by atoms with E-state index in [1.165, 1.54) is 5.56 Å². The molecule has 0 heterocycles. The number of hydrogen-bond donors (Lipinski definition) is 1. The molecule has 0 aliphatic rings. The molecular formula is C13H18NaOS. The summed E-state index contributed by atoms with van der Waals surface area (Å²) in [5.74, 6) is 0.557. The third kappa shape index (κ3) is 5.05. The Morgan fingerprint density at radius 3 is 2.06 bits per heavy atom. The number of hydrogen-bond acceptors (Lipinski definition) is 1. The summed E-state index contributed by atoms with van der Waals surface area (Å²) in [7, 11) is 0. The van der Waals surface area contributed by atoms with E-state index in [0.29, 0.717) is 5.92 Å². The van der Waals surface area contributed by atoms with Gasteiger partial charge in [0.15, 0.2) is 5.12 Å². The monoisotopic (exact) mass is 245 g/mol. The van der Waals surface area contributed by atoms with Gasteiger partial charge in [0.2, 0.25) is 0 Å². The average Bonchev–Trinajstić information content (AvgIpc) is 2.17. The Kier molecular flexibility index (Phi) is 7.66. The van der Waals surface area contributed by atoms with E-state index in [1.54, 1.807) is 0 Å². The smallest absolute Gasteiger partial charge is 0.193 e. The van der Waals surface area contributed by atoms with Crippen LogP contribution in [0.2, 0.25) is 0 Å². The molecule has 1 atom stereocenters. The number of carbonyl (C=O) groups excluding carboxylic acids is 1. The molecule has 1 aromatic carbocycles. The van der Waals surface area contributed by atoms with Gasteiger partial charge in [0.05, 0.1) is 5.92 Å². The summed E-state index contributed by atoms with van der Waals surface area (Å²) in [6.07, 6.45) is 1.09. The zero-order valence-corrected chi connectivity index (χ0v) is 13.4. The molecule has 1 rings (SSSR count). The van der Waals surface area contributed by atoms with Gasteiger partial charge in [-0.1, -0.05) is 45.0 Å². The van der Waals surface area contributed by atoms with E-state index in [-0.39, 0.29) is 40.6 Å². The third-order valence-electron chi connectivity index (χ3n) is 2.49. The van der Waals surface area contributed by atoms with Crippen LogP contribution in [0.5, 0.6) is 0 Å². The van der Waals surface area contributed by atoms with E-state index in [9.17, 15) is 4.79 Å². The normalized spacial score (nSPS) is 12.1. The van der Waals surface area contributed by atoms with Gasteiger partial charge in [-0.3, -0.25) is 4.79 Å². The molecule has 0 aromatic heterocycles. The van der Waals surface area contributed by atoms with Crippen molar-refractivity contribution in [2.45, 2.75) is 33.1 Å². The molecule has 0 N–H and O–H groups in total. The van der Waals surface area contributed by atoms with Crippen LogP contribution in [0.25, 0.3) is 0 Å². The summed E-state index contributed by atoms with van der Waals surface area (Å²) in [4.78, 5) is 11.1. The molecule has 0 bridgehead atoms. The quantitative estimate of drug-likeness (QED) is 0.637. The number of thiol groups is 1. The maximum atomic E-state index is 11.1. The first-order valence-corrected chi connectivity index (χ1v) is 5.77. The van der Waals surface area contributed by atoms with Crippen molar-refractivity contribution in [3.05, 3.63) is 35.4 Å². The first-order valence-electron chi connectivity index (χ1n) is 5.32. The second kappa shape index (κ2) is 7.54. The molecule has 1 aromatic rings. The molecule has 0 aliphatic carbocycles. The molecule has 0 saturated carbocycles. The molecule has 3 heteroatoms. The first-order chi connectivity index (χ1) is 7.00. The van der Waals surface area contributed by atoms with Crippen molar-refractivity contribution in [3.63, 3.8) is 0 Å². The topological polar surface area (TPSA) is 17.1 Å². The van der Waals surface area contributed by atoms with Crippen LogP contribution in [0, 0.1) is 5.92 Å². The minimum atomic E-state index is -0.110. The van der Waals surface area contributed by atoms with Crippen LogP contribution in [0.3, 0.4) is 0 Å². The van der Waals surface area contributed by atoms with Crippen molar-refractivity contribution in [3.8, 4) is 0 Å². The Balaban J connectivity index is 0.00000225. The average molecular weight is 245 g/mol. The van der Waals surface area contributed by atoms with E-state index >= 15 is 0 Å². The summed E-state index contributed by atoms with van der Waals surface area (Å²) in [6.45, 7) is 6.29. The Hall–Kier alpha value is 0.240. The molecular weight excluding hydrogens is 227 g/mol. The number of rotatable bonds is 4. The van der Waals surface area contributed by atoms with Gasteiger partial charge < -0.3 is 0 Å². The second-order valence-electron chi connectivity index (χ2n) is 4.40.